The zero-order valence-corrected chi connectivity index (χ0v) is 27.6. The van der Waals surface area contributed by atoms with Crippen molar-refractivity contribution in [3.8, 4) is 17.1 Å². The van der Waals surface area contributed by atoms with Crippen LogP contribution in [0.1, 0.15) is 19.4 Å². The molecule has 0 atom stereocenters. The number of hydrogen-bond donors (Lipinski definition) is 0. The van der Waals surface area contributed by atoms with Gasteiger partial charge in [0.05, 0.1) is 33.4 Å². The van der Waals surface area contributed by atoms with E-state index in [0.29, 0.717) is 22.4 Å². The number of aryl methyl sites for hydroxylation is 2. The molecule has 10 rings (SSSR count). The predicted molar refractivity (Wildman–Crippen MR) is 190 cm³/mol. The Kier molecular flexibility index (Phi) is 5.85. The normalized spacial score (nSPS) is 13.8. The maximum atomic E-state index is 8.01. The number of rotatable bonds is 2. The monoisotopic (exact) mass is 803 g/mol. The van der Waals surface area contributed by atoms with Crippen LogP contribution in [0.3, 0.4) is 0 Å². The summed E-state index contributed by atoms with van der Waals surface area (Å²) in [6, 6.07) is 47.7. The summed E-state index contributed by atoms with van der Waals surface area (Å²) in [7, 11) is 0. The number of hydrogen-bond acceptors (Lipinski definition) is 3. The van der Waals surface area contributed by atoms with Gasteiger partial charge in [-0.25, -0.2) is 4.98 Å². The van der Waals surface area contributed by atoms with Gasteiger partial charge in [0.1, 0.15) is 5.65 Å². The molecule has 0 aliphatic heterocycles. The fourth-order valence-electron chi connectivity index (χ4n) is 6.34. The van der Waals surface area contributed by atoms with Gasteiger partial charge in [-0.1, -0.05) is 54.6 Å². The van der Waals surface area contributed by atoms with Crippen LogP contribution in [0.15, 0.2) is 133 Å². The topological polar surface area (TPSA) is 52.4 Å². The first-order valence-corrected chi connectivity index (χ1v) is 15.2. The van der Waals surface area contributed by atoms with E-state index in [9.17, 15) is 0 Å². The molecule has 0 saturated heterocycles. The van der Waals surface area contributed by atoms with E-state index in [1.54, 1.807) is 16.7 Å². The van der Waals surface area contributed by atoms with Gasteiger partial charge < -0.3 is 4.57 Å². The maximum Gasteiger partial charge on any atom is 0.219 e. The number of para-hydroxylation sites is 7. The Balaban J connectivity index is 0.000000152. The quantitative estimate of drug-likeness (QED) is 0.164. The number of aromatic nitrogens is 6. The summed E-state index contributed by atoms with van der Waals surface area (Å²) < 4.78 is 54.0. The van der Waals surface area contributed by atoms with Crippen molar-refractivity contribution in [3.05, 3.63) is 157 Å². The molecular formula is C41H28IrN6-2. The molecule has 0 bridgehead atoms. The van der Waals surface area contributed by atoms with Crippen molar-refractivity contribution < 1.29 is 28.3 Å². The molecular weight excluding hydrogens is 769 g/mol. The summed E-state index contributed by atoms with van der Waals surface area (Å²) in [6.07, 6.45) is 0. The van der Waals surface area contributed by atoms with E-state index in [1.807, 2.05) is 72.8 Å². The van der Waals surface area contributed by atoms with Crippen LogP contribution in [0.25, 0.3) is 72.5 Å². The smallest absolute Gasteiger partial charge is 0.219 e. The van der Waals surface area contributed by atoms with Gasteiger partial charge in [0.15, 0.2) is 0 Å². The number of imidazole rings is 3. The molecule has 0 aliphatic rings. The summed E-state index contributed by atoms with van der Waals surface area (Å²) in [5.74, 6) is 1.31. The molecule has 1 radical (unpaired) electrons. The van der Waals surface area contributed by atoms with Gasteiger partial charge in [0.25, 0.3) is 0 Å². The van der Waals surface area contributed by atoms with Gasteiger partial charge in [0.2, 0.25) is 5.78 Å². The summed E-state index contributed by atoms with van der Waals surface area (Å²) in [4.78, 5) is 14.4. The number of fused-ring (bicyclic) bond motifs is 11. The average molecular weight is 803 g/mol. The van der Waals surface area contributed by atoms with Crippen molar-refractivity contribution in [2.75, 3.05) is 0 Å². The van der Waals surface area contributed by atoms with E-state index in [2.05, 4.69) is 56.2 Å². The van der Waals surface area contributed by atoms with Crippen molar-refractivity contribution in [1.82, 2.24) is 28.3 Å². The van der Waals surface area contributed by atoms with Gasteiger partial charge in [-0.05, 0) is 72.3 Å². The van der Waals surface area contributed by atoms with Crippen LogP contribution >= 0.6 is 0 Å². The molecule has 48 heavy (non-hydrogen) atoms. The molecule has 233 valence electrons. The SMILES string of the molecule is [2H]C([2H])([2H])c1cccc(C([2H])([2H])[2H])c1-n1c(-c2[c-]cccc2)nc2ccccc21.[Ir].[c-]1cccc2nc3c4ccccc4n4c5ccccc5nc4n3c12. The third-order valence-corrected chi connectivity index (χ3v) is 8.37. The fourth-order valence-corrected chi connectivity index (χ4v) is 6.34. The second-order valence-corrected chi connectivity index (χ2v) is 11.2. The molecule has 0 spiro atoms. The Bertz CT molecular complexity index is 2970. The van der Waals surface area contributed by atoms with Crippen LogP contribution in [0.5, 0.6) is 0 Å². The minimum absolute atomic E-state index is 0. The molecule has 6 aromatic carbocycles. The molecule has 10 aromatic rings. The van der Waals surface area contributed by atoms with Crippen molar-refractivity contribution in [2.45, 2.75) is 13.7 Å². The Morgan fingerprint density at radius 3 is 2.00 bits per heavy atom. The van der Waals surface area contributed by atoms with E-state index < -0.39 is 13.7 Å². The predicted octanol–water partition coefficient (Wildman–Crippen LogP) is 9.35. The number of benzene rings is 6. The van der Waals surface area contributed by atoms with Crippen molar-refractivity contribution >= 4 is 55.4 Å². The Hall–Kier alpha value is -5.62. The van der Waals surface area contributed by atoms with Crippen LogP contribution in [0.4, 0.5) is 0 Å². The zero-order chi connectivity index (χ0) is 36.5. The van der Waals surface area contributed by atoms with Gasteiger partial charge in [-0.3, -0.25) is 18.8 Å². The minimum atomic E-state index is -2.50. The van der Waals surface area contributed by atoms with Crippen molar-refractivity contribution in [1.29, 1.82) is 0 Å². The van der Waals surface area contributed by atoms with Crippen molar-refractivity contribution in [2.24, 2.45) is 0 Å². The first-order valence-electron chi connectivity index (χ1n) is 18.2. The molecule has 0 fully saturated rings. The van der Waals surface area contributed by atoms with Gasteiger partial charge >= 0.3 is 0 Å². The van der Waals surface area contributed by atoms with Gasteiger partial charge in [-0.2, -0.15) is 18.2 Å². The van der Waals surface area contributed by atoms with Crippen LogP contribution in [0, 0.1) is 25.8 Å². The van der Waals surface area contributed by atoms with Gasteiger partial charge in [0, 0.05) is 39.4 Å². The Morgan fingerprint density at radius 2 is 1.23 bits per heavy atom. The van der Waals surface area contributed by atoms with Crippen LogP contribution in [-0.2, 0) is 20.1 Å². The summed E-state index contributed by atoms with van der Waals surface area (Å²) >= 11 is 0. The minimum Gasteiger partial charge on any atom is -0.333 e. The first-order chi connectivity index (χ1) is 25.6. The molecule has 0 amide bonds. The summed E-state index contributed by atoms with van der Waals surface area (Å²) in [5.41, 5.74) is 7.96. The van der Waals surface area contributed by atoms with E-state index in [-0.39, 0.29) is 36.9 Å². The van der Waals surface area contributed by atoms with E-state index in [1.165, 1.54) is 18.2 Å². The third kappa shape index (κ3) is 4.62. The second kappa shape index (κ2) is 11.9. The van der Waals surface area contributed by atoms with Gasteiger partial charge in [-0.15, -0.1) is 42.0 Å². The largest absolute Gasteiger partial charge is 0.333 e. The fraction of sp³-hybridized carbons (Fsp3) is 0.0488. The molecule has 0 aliphatic carbocycles. The standard InChI is InChI=1S/C21H17N2.C20H11N4.Ir/c1-15-9-8-10-16(2)20(15)23-19-14-7-6-13-18(19)22-21(23)17-11-4-3-5-12-17;1-4-10-16-13(7-1)19-21-14-8-2-6-12-18(14)24(19)20-22-15-9-3-5-11-17(15)23(16)20;/h3-11,13-14H,1-2H3;1-11H;/q2*-1;/i1D3,2D3;;. The van der Waals surface area contributed by atoms with Crippen molar-refractivity contribution in [3.63, 3.8) is 0 Å². The molecule has 0 N–H and O–H groups in total. The maximum absolute atomic E-state index is 8.01. The zero-order valence-electron chi connectivity index (χ0n) is 31.2. The van der Waals surface area contributed by atoms with E-state index in [4.69, 9.17) is 18.2 Å². The van der Waals surface area contributed by atoms with E-state index >= 15 is 0 Å². The Morgan fingerprint density at radius 1 is 0.562 bits per heavy atom. The Labute approximate surface area is 298 Å². The molecule has 0 saturated carbocycles. The van der Waals surface area contributed by atoms with E-state index in [0.717, 1.165) is 44.4 Å². The first kappa shape index (κ1) is 23.7. The summed E-state index contributed by atoms with van der Waals surface area (Å²) in [5, 5.41) is 1.11. The third-order valence-electron chi connectivity index (χ3n) is 8.37. The molecule has 6 nitrogen and oxygen atoms in total. The molecule has 7 heteroatoms. The summed E-state index contributed by atoms with van der Waals surface area (Å²) in [6.45, 7) is -5.00. The second-order valence-electron chi connectivity index (χ2n) is 11.2. The molecule has 4 aromatic heterocycles. The van der Waals surface area contributed by atoms with Crippen LogP contribution in [0.2, 0.25) is 0 Å². The van der Waals surface area contributed by atoms with Crippen LogP contribution < -0.4 is 0 Å². The van der Waals surface area contributed by atoms with Crippen LogP contribution in [-0.4, -0.2) is 28.3 Å². The average Bonchev–Trinajstić information content (AvgIpc) is 3.86. The molecule has 0 unspecified atom stereocenters. The number of nitrogens with zero attached hydrogens (tertiary/aromatic N) is 6. The molecule has 4 heterocycles.